The van der Waals surface area contributed by atoms with Crippen molar-refractivity contribution in [2.75, 3.05) is 5.32 Å². The van der Waals surface area contributed by atoms with Crippen LogP contribution in [-0.2, 0) is 6.54 Å². The zero-order valence-electron chi connectivity index (χ0n) is 14.2. The highest BCUT2D eigenvalue weighted by molar-refractivity contribution is 5.90. The Morgan fingerprint density at radius 2 is 1.85 bits per heavy atom. The molecule has 0 aliphatic heterocycles. The molecule has 0 unspecified atom stereocenters. The van der Waals surface area contributed by atoms with Crippen LogP contribution < -0.4 is 5.32 Å². The van der Waals surface area contributed by atoms with Gasteiger partial charge in [-0.1, -0.05) is 36.3 Å². The van der Waals surface area contributed by atoms with Gasteiger partial charge < -0.3 is 5.32 Å². The smallest absolute Gasteiger partial charge is 0.237 e. The van der Waals surface area contributed by atoms with E-state index < -0.39 is 0 Å². The predicted molar refractivity (Wildman–Crippen MR) is 113 cm³/mol. The molecule has 0 radical (unpaired) electrons. The lowest BCUT2D eigenvalue weighted by molar-refractivity contribution is 0.936. The Balaban J connectivity index is 0.00000131. The first-order valence-corrected chi connectivity index (χ1v) is 7.88. The average molecular weight is 398 g/mol. The summed E-state index contributed by atoms with van der Waals surface area (Å²) in [5, 5.41) is 4.30. The van der Waals surface area contributed by atoms with Gasteiger partial charge in [-0.25, -0.2) is 9.97 Å². The molecule has 7 heteroatoms. The summed E-state index contributed by atoms with van der Waals surface area (Å²) >= 11 is 0. The maximum Gasteiger partial charge on any atom is 0.237 e. The summed E-state index contributed by atoms with van der Waals surface area (Å²) in [5.74, 6) is 3.97. The minimum atomic E-state index is 0. The molecule has 4 rings (SSSR count). The lowest BCUT2D eigenvalue weighted by atomic mass is 10.1. The molecule has 0 aliphatic rings. The molecule has 2 heterocycles. The van der Waals surface area contributed by atoms with Gasteiger partial charge in [0.25, 0.3) is 0 Å². The number of halogens is 2. The van der Waals surface area contributed by atoms with E-state index in [2.05, 4.69) is 38.3 Å². The number of rotatable bonds is 4. The normalized spacial score (nSPS) is 9.74. The van der Waals surface area contributed by atoms with Crippen LogP contribution in [0.5, 0.6) is 0 Å². The minimum absolute atomic E-state index is 0. The van der Waals surface area contributed by atoms with Gasteiger partial charge in [-0.2, -0.15) is 4.98 Å². The van der Waals surface area contributed by atoms with Gasteiger partial charge in [-0.3, -0.25) is 4.57 Å². The fraction of sp³-hybridized carbons (Fsp3) is 0.0500. The third kappa shape index (κ3) is 4.37. The number of hydrogen-bond donors (Lipinski definition) is 1. The van der Waals surface area contributed by atoms with E-state index in [1.807, 2.05) is 42.6 Å². The predicted octanol–water partition coefficient (Wildman–Crippen LogP) is 4.25. The summed E-state index contributed by atoms with van der Waals surface area (Å²) in [6, 6.07) is 15.9. The van der Waals surface area contributed by atoms with E-state index in [1.165, 1.54) is 5.56 Å². The Kier molecular flexibility index (Phi) is 6.78. The molecule has 27 heavy (non-hydrogen) atoms. The number of nitrogens with one attached hydrogen (secondary N) is 1. The van der Waals surface area contributed by atoms with E-state index in [0.717, 1.165) is 22.3 Å². The van der Waals surface area contributed by atoms with Gasteiger partial charge in [0.05, 0.1) is 5.52 Å². The summed E-state index contributed by atoms with van der Waals surface area (Å²) in [5.41, 5.74) is 2.80. The molecule has 0 fully saturated rings. The Hall–Kier alpha value is -3.07. The van der Waals surface area contributed by atoms with Crippen molar-refractivity contribution in [3.8, 4) is 18.3 Å². The number of nitrogens with zero attached hydrogens (tertiary/aromatic N) is 4. The highest BCUT2D eigenvalue weighted by Gasteiger charge is 2.10. The Morgan fingerprint density at radius 1 is 1.04 bits per heavy atom. The van der Waals surface area contributed by atoms with Gasteiger partial charge in [0.2, 0.25) is 5.95 Å². The van der Waals surface area contributed by atoms with Gasteiger partial charge in [0.1, 0.15) is 12.1 Å². The third-order valence-electron chi connectivity index (χ3n) is 3.89. The fourth-order valence-corrected chi connectivity index (χ4v) is 2.62. The summed E-state index contributed by atoms with van der Waals surface area (Å²) < 4.78 is 1.78. The summed E-state index contributed by atoms with van der Waals surface area (Å²) in [6.45, 7) is 0.663. The SMILES string of the molecule is C#Cc1ccc2nc(-n3ccnc3)nc(NCc3ccccc3)c2c1.Cl.Cl. The Bertz CT molecular complexity index is 1060. The van der Waals surface area contributed by atoms with Crippen molar-refractivity contribution in [1.29, 1.82) is 0 Å². The highest BCUT2D eigenvalue weighted by Crippen LogP contribution is 2.23. The largest absolute Gasteiger partial charge is 0.365 e. The van der Waals surface area contributed by atoms with E-state index in [0.29, 0.717) is 12.5 Å². The monoisotopic (exact) mass is 397 g/mol. The van der Waals surface area contributed by atoms with Gasteiger partial charge >= 0.3 is 0 Å². The molecule has 0 saturated carbocycles. The molecule has 0 saturated heterocycles. The van der Waals surface area contributed by atoms with Gasteiger partial charge in [0, 0.05) is 29.9 Å². The molecule has 5 nitrogen and oxygen atoms in total. The maximum atomic E-state index is 5.54. The molecule has 4 aromatic rings. The topological polar surface area (TPSA) is 55.6 Å². The lowest BCUT2D eigenvalue weighted by Gasteiger charge is -2.11. The van der Waals surface area contributed by atoms with Crippen LogP contribution in [0.1, 0.15) is 11.1 Å². The molecule has 0 spiro atoms. The van der Waals surface area contributed by atoms with E-state index in [9.17, 15) is 0 Å². The molecule has 0 amide bonds. The first-order chi connectivity index (χ1) is 12.3. The van der Waals surface area contributed by atoms with E-state index in [-0.39, 0.29) is 24.8 Å². The molecule has 0 atom stereocenters. The molecule has 136 valence electrons. The van der Waals surface area contributed by atoms with E-state index in [4.69, 9.17) is 6.42 Å². The molecule has 2 aromatic carbocycles. The molecular formula is C20H17Cl2N5. The van der Waals surface area contributed by atoms with Crippen LogP contribution in [0.4, 0.5) is 5.82 Å². The van der Waals surface area contributed by atoms with Gasteiger partial charge in [-0.05, 0) is 23.8 Å². The molecule has 0 bridgehead atoms. The second kappa shape index (κ2) is 9.04. The molecule has 0 aliphatic carbocycles. The first kappa shape index (κ1) is 20.2. The van der Waals surface area contributed by atoms with Crippen molar-refractivity contribution in [3.05, 3.63) is 78.4 Å². The van der Waals surface area contributed by atoms with Crippen molar-refractivity contribution in [3.63, 3.8) is 0 Å². The van der Waals surface area contributed by atoms with Crippen LogP contribution in [0.25, 0.3) is 16.9 Å². The molecule has 2 aromatic heterocycles. The van der Waals surface area contributed by atoms with Crippen LogP contribution in [0.2, 0.25) is 0 Å². The third-order valence-corrected chi connectivity index (χ3v) is 3.89. The number of anilines is 1. The maximum absolute atomic E-state index is 5.54. The quantitative estimate of drug-likeness (QED) is 0.522. The average Bonchev–Trinajstić information content (AvgIpc) is 3.21. The van der Waals surface area contributed by atoms with Gasteiger partial charge in [-0.15, -0.1) is 31.2 Å². The van der Waals surface area contributed by atoms with Crippen molar-refractivity contribution in [2.45, 2.75) is 6.54 Å². The van der Waals surface area contributed by atoms with Crippen LogP contribution in [0, 0.1) is 12.3 Å². The number of aromatic nitrogens is 4. The van der Waals surface area contributed by atoms with E-state index in [1.54, 1.807) is 17.1 Å². The summed E-state index contributed by atoms with van der Waals surface area (Å²) in [6.07, 6.45) is 10.7. The zero-order valence-corrected chi connectivity index (χ0v) is 15.9. The minimum Gasteiger partial charge on any atom is -0.365 e. The number of hydrogen-bond acceptors (Lipinski definition) is 4. The molecule has 1 N–H and O–H groups in total. The second-order valence-corrected chi connectivity index (χ2v) is 5.56. The number of fused-ring (bicyclic) bond motifs is 1. The number of imidazole rings is 1. The standard InChI is InChI=1S/C20H15N5.2ClH/c1-2-15-8-9-18-17(12-15)19(22-13-16-6-4-3-5-7-16)24-20(23-18)25-11-10-21-14-25;;/h1,3-12,14H,13H2,(H,22,23,24);2*1H. The van der Waals surface area contributed by atoms with Crippen molar-refractivity contribution in [2.24, 2.45) is 0 Å². The van der Waals surface area contributed by atoms with Crippen LogP contribution in [-0.4, -0.2) is 19.5 Å². The Morgan fingerprint density at radius 3 is 2.56 bits per heavy atom. The lowest BCUT2D eigenvalue weighted by Crippen LogP contribution is -2.07. The van der Waals surface area contributed by atoms with Crippen LogP contribution >= 0.6 is 24.8 Å². The summed E-state index contributed by atoms with van der Waals surface area (Å²) in [4.78, 5) is 13.3. The first-order valence-electron chi connectivity index (χ1n) is 7.88. The summed E-state index contributed by atoms with van der Waals surface area (Å²) in [7, 11) is 0. The van der Waals surface area contributed by atoms with Gasteiger partial charge in [0.15, 0.2) is 0 Å². The number of terminal acetylenes is 1. The zero-order chi connectivity index (χ0) is 17.1. The van der Waals surface area contributed by atoms with E-state index >= 15 is 0 Å². The highest BCUT2D eigenvalue weighted by atomic mass is 35.5. The molecular weight excluding hydrogens is 381 g/mol. The van der Waals surface area contributed by atoms with Crippen molar-refractivity contribution in [1.82, 2.24) is 19.5 Å². The van der Waals surface area contributed by atoms with Crippen LogP contribution in [0.3, 0.4) is 0 Å². The van der Waals surface area contributed by atoms with Crippen molar-refractivity contribution >= 4 is 41.5 Å². The second-order valence-electron chi connectivity index (χ2n) is 5.56. The van der Waals surface area contributed by atoms with Crippen LogP contribution in [0.15, 0.2) is 67.3 Å². The Labute approximate surface area is 169 Å². The fourth-order valence-electron chi connectivity index (χ4n) is 2.62. The van der Waals surface area contributed by atoms with Crippen molar-refractivity contribution < 1.29 is 0 Å². The number of benzene rings is 2.